The molecule has 2 heterocycles. The summed E-state index contributed by atoms with van der Waals surface area (Å²) >= 11 is 0. The monoisotopic (exact) mass is 246 g/mol. The maximum absolute atomic E-state index is 11.3. The molecule has 5 heteroatoms. The zero-order valence-corrected chi connectivity index (χ0v) is 10.9. The molecule has 0 saturated carbocycles. The van der Waals surface area contributed by atoms with Crippen LogP contribution in [0.4, 0.5) is 0 Å². The molecule has 2 rings (SSSR count). The smallest absolute Gasteiger partial charge is 0.152 e. The Balaban J connectivity index is 1.86. The van der Waals surface area contributed by atoms with Gasteiger partial charge in [-0.3, -0.25) is 0 Å². The van der Waals surface area contributed by atoms with Gasteiger partial charge in [-0.1, -0.05) is 6.92 Å². The molecule has 0 spiro atoms. The Morgan fingerprint density at radius 2 is 2.00 bits per heavy atom. The van der Waals surface area contributed by atoms with E-state index in [9.17, 15) is 8.42 Å². The molecular formula is C11H22N2O2S. The normalized spacial score (nSPS) is 36.1. The van der Waals surface area contributed by atoms with Crippen molar-refractivity contribution in [3.63, 3.8) is 0 Å². The van der Waals surface area contributed by atoms with Crippen molar-refractivity contribution in [1.29, 1.82) is 0 Å². The molecule has 1 atom stereocenters. The average molecular weight is 246 g/mol. The molecule has 0 aliphatic carbocycles. The highest BCUT2D eigenvalue weighted by Gasteiger charge is 2.31. The Morgan fingerprint density at radius 1 is 1.31 bits per heavy atom. The molecule has 2 saturated heterocycles. The second-order valence-electron chi connectivity index (χ2n) is 5.52. The van der Waals surface area contributed by atoms with E-state index < -0.39 is 9.84 Å². The molecule has 0 aromatic rings. The van der Waals surface area contributed by atoms with Crippen LogP contribution in [0.1, 0.15) is 19.8 Å². The molecule has 0 radical (unpaired) electrons. The Labute approximate surface area is 98.3 Å². The third-order valence-corrected chi connectivity index (χ3v) is 5.34. The van der Waals surface area contributed by atoms with Crippen LogP contribution in [0.5, 0.6) is 0 Å². The minimum absolute atomic E-state index is 0.333. The summed E-state index contributed by atoms with van der Waals surface area (Å²) in [7, 11) is -2.73. The standard InChI is InChI=1S/C11H22N2O2S/c1-11(3-2-4-12-9-11)10-13-5-7-16(14,15)8-6-13/h12H,2-10H2,1H3. The van der Waals surface area contributed by atoms with Gasteiger partial charge in [-0.05, 0) is 24.8 Å². The van der Waals surface area contributed by atoms with Crippen LogP contribution in [0.2, 0.25) is 0 Å². The summed E-state index contributed by atoms with van der Waals surface area (Å²) in [5.74, 6) is 0.688. The lowest BCUT2D eigenvalue weighted by Crippen LogP contribution is -2.49. The molecule has 2 aliphatic rings. The van der Waals surface area contributed by atoms with Crippen molar-refractivity contribution >= 4 is 9.84 Å². The summed E-state index contributed by atoms with van der Waals surface area (Å²) in [5, 5.41) is 3.44. The number of hydrogen-bond acceptors (Lipinski definition) is 4. The topological polar surface area (TPSA) is 49.4 Å². The van der Waals surface area contributed by atoms with Gasteiger partial charge in [-0.25, -0.2) is 8.42 Å². The van der Waals surface area contributed by atoms with E-state index in [1.165, 1.54) is 12.8 Å². The minimum atomic E-state index is -2.73. The van der Waals surface area contributed by atoms with Crippen LogP contribution in [0.25, 0.3) is 0 Å². The minimum Gasteiger partial charge on any atom is -0.316 e. The second-order valence-corrected chi connectivity index (χ2v) is 7.82. The van der Waals surface area contributed by atoms with Crippen molar-refractivity contribution in [2.75, 3.05) is 44.2 Å². The van der Waals surface area contributed by atoms with Crippen LogP contribution in [0.3, 0.4) is 0 Å². The third-order valence-electron chi connectivity index (χ3n) is 3.73. The average Bonchev–Trinajstić information content (AvgIpc) is 2.22. The fraction of sp³-hybridized carbons (Fsp3) is 1.00. The predicted molar refractivity (Wildman–Crippen MR) is 65.3 cm³/mol. The number of nitrogens with zero attached hydrogens (tertiary/aromatic N) is 1. The van der Waals surface area contributed by atoms with Gasteiger partial charge in [0, 0.05) is 26.2 Å². The lowest BCUT2D eigenvalue weighted by molar-refractivity contribution is 0.140. The molecule has 0 aromatic carbocycles. The second kappa shape index (κ2) is 4.63. The van der Waals surface area contributed by atoms with E-state index in [4.69, 9.17) is 0 Å². The van der Waals surface area contributed by atoms with Crippen LogP contribution in [0, 0.1) is 5.41 Å². The fourth-order valence-corrected chi connectivity index (χ4v) is 3.98. The van der Waals surface area contributed by atoms with Crippen molar-refractivity contribution in [2.24, 2.45) is 5.41 Å². The molecule has 0 bridgehead atoms. The molecule has 2 fully saturated rings. The van der Waals surface area contributed by atoms with Crippen LogP contribution >= 0.6 is 0 Å². The Kier molecular flexibility index (Phi) is 3.56. The molecular weight excluding hydrogens is 224 g/mol. The van der Waals surface area contributed by atoms with Crippen LogP contribution in [-0.2, 0) is 9.84 Å². The van der Waals surface area contributed by atoms with Crippen LogP contribution in [0.15, 0.2) is 0 Å². The number of sulfone groups is 1. The quantitative estimate of drug-likeness (QED) is 0.751. The molecule has 1 unspecified atom stereocenters. The maximum Gasteiger partial charge on any atom is 0.152 e. The van der Waals surface area contributed by atoms with Crippen LogP contribution in [-0.4, -0.2) is 57.5 Å². The number of nitrogens with one attached hydrogen (secondary N) is 1. The molecule has 2 aliphatic heterocycles. The number of piperidine rings is 1. The summed E-state index contributed by atoms with van der Waals surface area (Å²) < 4.78 is 22.7. The first-order valence-corrected chi connectivity index (χ1v) is 7.95. The molecule has 0 amide bonds. The van der Waals surface area contributed by atoms with Gasteiger partial charge in [0.1, 0.15) is 0 Å². The van der Waals surface area contributed by atoms with E-state index in [2.05, 4.69) is 17.1 Å². The summed E-state index contributed by atoms with van der Waals surface area (Å²) in [6.45, 7) is 6.98. The van der Waals surface area contributed by atoms with Gasteiger partial charge in [-0.15, -0.1) is 0 Å². The van der Waals surface area contributed by atoms with Crippen molar-refractivity contribution in [1.82, 2.24) is 10.2 Å². The van der Waals surface area contributed by atoms with Crippen molar-refractivity contribution in [3.8, 4) is 0 Å². The zero-order chi connectivity index (χ0) is 11.6. The van der Waals surface area contributed by atoms with Gasteiger partial charge in [0.2, 0.25) is 0 Å². The van der Waals surface area contributed by atoms with Gasteiger partial charge in [0.25, 0.3) is 0 Å². The van der Waals surface area contributed by atoms with Crippen LogP contribution < -0.4 is 5.32 Å². The highest BCUT2D eigenvalue weighted by molar-refractivity contribution is 7.91. The summed E-state index contributed by atoms with van der Waals surface area (Å²) in [6.07, 6.45) is 2.49. The van der Waals surface area contributed by atoms with E-state index in [0.29, 0.717) is 16.9 Å². The van der Waals surface area contributed by atoms with E-state index >= 15 is 0 Å². The van der Waals surface area contributed by atoms with Crippen molar-refractivity contribution in [3.05, 3.63) is 0 Å². The Morgan fingerprint density at radius 3 is 2.56 bits per heavy atom. The largest absolute Gasteiger partial charge is 0.316 e. The molecule has 4 nitrogen and oxygen atoms in total. The van der Waals surface area contributed by atoms with Crippen molar-refractivity contribution in [2.45, 2.75) is 19.8 Å². The first-order chi connectivity index (χ1) is 7.49. The van der Waals surface area contributed by atoms with E-state index in [-0.39, 0.29) is 0 Å². The number of hydrogen-bond donors (Lipinski definition) is 1. The maximum atomic E-state index is 11.3. The Bertz CT molecular complexity index is 320. The van der Waals surface area contributed by atoms with Gasteiger partial charge < -0.3 is 10.2 Å². The molecule has 1 N–H and O–H groups in total. The lowest BCUT2D eigenvalue weighted by Gasteiger charge is -2.39. The van der Waals surface area contributed by atoms with E-state index in [1.807, 2.05) is 0 Å². The summed E-state index contributed by atoms with van der Waals surface area (Å²) in [5.41, 5.74) is 0.333. The molecule has 0 aromatic heterocycles. The molecule has 16 heavy (non-hydrogen) atoms. The lowest BCUT2D eigenvalue weighted by atomic mass is 9.82. The Hall–Kier alpha value is -0.130. The molecule has 94 valence electrons. The zero-order valence-electron chi connectivity index (χ0n) is 10.0. The fourth-order valence-electron chi connectivity index (χ4n) is 2.70. The SMILES string of the molecule is CC1(CN2CCS(=O)(=O)CC2)CCCNC1. The summed E-state index contributed by atoms with van der Waals surface area (Å²) in [6, 6.07) is 0. The highest BCUT2D eigenvalue weighted by atomic mass is 32.2. The number of rotatable bonds is 2. The summed E-state index contributed by atoms with van der Waals surface area (Å²) in [4.78, 5) is 2.31. The highest BCUT2D eigenvalue weighted by Crippen LogP contribution is 2.27. The van der Waals surface area contributed by atoms with Gasteiger partial charge in [0.15, 0.2) is 9.84 Å². The van der Waals surface area contributed by atoms with Crippen molar-refractivity contribution < 1.29 is 8.42 Å². The predicted octanol–water partition coefficient (Wildman–Crippen LogP) is 0.107. The van der Waals surface area contributed by atoms with Gasteiger partial charge >= 0.3 is 0 Å². The van der Waals surface area contributed by atoms with Gasteiger partial charge in [0.05, 0.1) is 11.5 Å². The first-order valence-electron chi connectivity index (χ1n) is 6.13. The van der Waals surface area contributed by atoms with E-state index in [0.717, 1.165) is 32.7 Å². The van der Waals surface area contributed by atoms with Gasteiger partial charge in [-0.2, -0.15) is 0 Å². The first kappa shape index (κ1) is 12.3. The van der Waals surface area contributed by atoms with E-state index in [1.54, 1.807) is 0 Å². The third kappa shape index (κ3) is 3.18.